The van der Waals surface area contributed by atoms with Crippen molar-refractivity contribution in [2.75, 3.05) is 12.8 Å². The molecule has 1 amide bonds. The average Bonchev–Trinajstić information content (AvgIpc) is 3.29. The molecule has 0 unspecified atom stereocenters. The lowest BCUT2D eigenvalue weighted by Crippen LogP contribution is -2.27. The number of amides is 1. The van der Waals surface area contributed by atoms with E-state index in [-0.39, 0.29) is 12.5 Å². The Balaban J connectivity index is 1.50. The average molecular weight is 423 g/mol. The van der Waals surface area contributed by atoms with Gasteiger partial charge >= 0.3 is 0 Å². The maximum atomic E-state index is 12.3. The molecule has 27 heavy (non-hydrogen) atoms. The Hall–Kier alpha value is -2.03. The van der Waals surface area contributed by atoms with Gasteiger partial charge in [-0.2, -0.15) is 11.3 Å². The Morgan fingerprint density at radius 1 is 1.30 bits per heavy atom. The Labute approximate surface area is 171 Å². The summed E-state index contributed by atoms with van der Waals surface area (Å²) >= 11 is 8.86. The summed E-state index contributed by atoms with van der Waals surface area (Å²) in [5.74, 6) is 1.76. The van der Waals surface area contributed by atoms with Crippen LogP contribution in [0.4, 0.5) is 0 Å². The molecule has 0 saturated heterocycles. The summed E-state index contributed by atoms with van der Waals surface area (Å²) in [4.78, 5) is 14.0. The molecule has 0 aliphatic rings. The predicted molar refractivity (Wildman–Crippen MR) is 108 cm³/mol. The first-order valence-corrected chi connectivity index (χ1v) is 10.5. The molecule has 0 saturated carbocycles. The van der Waals surface area contributed by atoms with Gasteiger partial charge in [-0.25, -0.2) is 0 Å². The van der Waals surface area contributed by atoms with Crippen LogP contribution in [0.15, 0.2) is 46.2 Å². The minimum absolute atomic E-state index is 0.0492. The first-order chi connectivity index (χ1) is 13.0. The van der Waals surface area contributed by atoms with E-state index in [2.05, 4.69) is 10.2 Å². The molecule has 6 nitrogen and oxygen atoms in total. The first-order valence-electron chi connectivity index (χ1n) is 8.17. The van der Waals surface area contributed by atoms with Crippen LogP contribution in [0.2, 0.25) is 5.02 Å². The molecule has 0 spiro atoms. The van der Waals surface area contributed by atoms with Gasteiger partial charge in [0.25, 0.3) is 0 Å². The van der Waals surface area contributed by atoms with Crippen molar-refractivity contribution in [2.45, 2.75) is 18.3 Å². The molecule has 2 aromatic heterocycles. The van der Waals surface area contributed by atoms with Crippen LogP contribution >= 0.6 is 34.7 Å². The van der Waals surface area contributed by atoms with Crippen molar-refractivity contribution in [2.24, 2.45) is 7.05 Å². The van der Waals surface area contributed by atoms with Crippen molar-refractivity contribution in [3.8, 4) is 5.75 Å². The lowest BCUT2D eigenvalue weighted by Gasteiger charge is -2.16. The van der Waals surface area contributed by atoms with E-state index in [9.17, 15) is 4.79 Å². The van der Waals surface area contributed by atoms with E-state index in [0.717, 1.165) is 5.56 Å². The maximum Gasteiger partial charge on any atom is 0.233 e. The number of nitrogens with zero attached hydrogens (tertiary/aromatic N) is 4. The summed E-state index contributed by atoms with van der Waals surface area (Å²) in [5.41, 5.74) is 1.14. The molecule has 0 bridgehead atoms. The number of carbonyl (C=O) groups excluding carboxylic acids is 1. The SMILES string of the molecule is CN(Cc1ccsc1)C(=O)CSc1nnc(COc2ccc(Cl)cc2)n1C. The second-order valence-corrected chi connectivity index (χ2v) is 8.03. The van der Waals surface area contributed by atoms with Gasteiger partial charge < -0.3 is 14.2 Å². The largest absolute Gasteiger partial charge is 0.486 e. The normalized spacial score (nSPS) is 10.8. The van der Waals surface area contributed by atoms with Crippen LogP contribution < -0.4 is 4.74 Å². The number of hydrogen-bond acceptors (Lipinski definition) is 6. The number of aromatic nitrogens is 3. The summed E-state index contributed by atoms with van der Waals surface area (Å²) in [6.07, 6.45) is 0. The molecule has 9 heteroatoms. The molecule has 3 aromatic rings. The molecule has 2 heterocycles. The van der Waals surface area contributed by atoms with Crippen molar-refractivity contribution in [1.82, 2.24) is 19.7 Å². The molecule has 0 aliphatic carbocycles. The van der Waals surface area contributed by atoms with Crippen LogP contribution in [0.1, 0.15) is 11.4 Å². The van der Waals surface area contributed by atoms with Gasteiger partial charge in [0, 0.05) is 25.7 Å². The molecule has 0 N–H and O–H groups in total. The zero-order valence-electron chi connectivity index (χ0n) is 15.0. The Morgan fingerprint density at radius 3 is 2.78 bits per heavy atom. The fraction of sp³-hybridized carbons (Fsp3) is 0.278. The van der Waals surface area contributed by atoms with E-state index >= 15 is 0 Å². The quantitative estimate of drug-likeness (QED) is 0.516. The number of halogens is 1. The zero-order valence-corrected chi connectivity index (χ0v) is 17.4. The first kappa shape index (κ1) is 19.7. The monoisotopic (exact) mass is 422 g/mol. The third kappa shape index (κ3) is 5.47. The van der Waals surface area contributed by atoms with E-state index in [1.807, 2.05) is 35.5 Å². The van der Waals surface area contributed by atoms with E-state index in [0.29, 0.717) is 34.1 Å². The molecule has 0 fully saturated rings. The maximum absolute atomic E-state index is 12.3. The molecular weight excluding hydrogens is 404 g/mol. The van der Waals surface area contributed by atoms with Gasteiger partial charge in [0.2, 0.25) is 5.91 Å². The van der Waals surface area contributed by atoms with Crippen LogP contribution in [0.5, 0.6) is 5.75 Å². The van der Waals surface area contributed by atoms with Crippen LogP contribution in [0.3, 0.4) is 0 Å². The van der Waals surface area contributed by atoms with Crippen molar-refractivity contribution in [3.05, 3.63) is 57.5 Å². The number of thioether (sulfide) groups is 1. The van der Waals surface area contributed by atoms with E-state index in [1.165, 1.54) is 11.8 Å². The van der Waals surface area contributed by atoms with Crippen LogP contribution in [-0.4, -0.2) is 38.4 Å². The third-order valence-corrected chi connectivity index (χ3v) is 5.85. The number of benzene rings is 1. The van der Waals surface area contributed by atoms with Crippen LogP contribution in [0, 0.1) is 0 Å². The highest BCUT2D eigenvalue weighted by atomic mass is 35.5. The minimum atomic E-state index is 0.0492. The number of ether oxygens (including phenoxy) is 1. The minimum Gasteiger partial charge on any atom is -0.486 e. The topological polar surface area (TPSA) is 60.3 Å². The summed E-state index contributed by atoms with van der Waals surface area (Å²) in [6.45, 7) is 0.902. The molecule has 0 aliphatic heterocycles. The van der Waals surface area contributed by atoms with Gasteiger partial charge in [-0.05, 0) is 46.7 Å². The summed E-state index contributed by atoms with van der Waals surface area (Å²) in [7, 11) is 3.67. The number of rotatable bonds is 8. The van der Waals surface area contributed by atoms with Crippen molar-refractivity contribution >= 4 is 40.6 Å². The zero-order chi connectivity index (χ0) is 19.2. The second kappa shape index (κ2) is 9.25. The van der Waals surface area contributed by atoms with E-state index < -0.39 is 0 Å². The second-order valence-electron chi connectivity index (χ2n) is 5.87. The van der Waals surface area contributed by atoms with Crippen molar-refractivity contribution in [3.63, 3.8) is 0 Å². The molecule has 0 atom stereocenters. The van der Waals surface area contributed by atoms with Gasteiger partial charge in [0.05, 0.1) is 5.75 Å². The smallest absolute Gasteiger partial charge is 0.233 e. The van der Waals surface area contributed by atoms with Gasteiger partial charge in [-0.3, -0.25) is 4.79 Å². The summed E-state index contributed by atoms with van der Waals surface area (Å²) in [6, 6.07) is 9.17. The Bertz CT molecular complexity index is 881. The summed E-state index contributed by atoms with van der Waals surface area (Å²) in [5, 5.41) is 13.7. The van der Waals surface area contributed by atoms with E-state index in [1.54, 1.807) is 40.5 Å². The van der Waals surface area contributed by atoms with Crippen LogP contribution in [0.25, 0.3) is 0 Å². The fourth-order valence-electron chi connectivity index (χ4n) is 2.26. The lowest BCUT2D eigenvalue weighted by molar-refractivity contribution is -0.127. The summed E-state index contributed by atoms with van der Waals surface area (Å²) < 4.78 is 7.54. The Kier molecular flexibility index (Phi) is 6.76. The molecule has 142 valence electrons. The highest BCUT2D eigenvalue weighted by molar-refractivity contribution is 7.99. The van der Waals surface area contributed by atoms with Gasteiger partial charge in [0.15, 0.2) is 11.0 Å². The molecule has 0 radical (unpaired) electrons. The standard InChI is InChI=1S/C18H19ClN4O2S2/c1-22(9-13-7-8-26-11-13)17(24)12-27-18-21-20-16(23(18)2)10-25-15-5-3-14(19)4-6-15/h3-8,11H,9-10,12H2,1-2H3. The molecular formula is C18H19ClN4O2S2. The highest BCUT2D eigenvalue weighted by Gasteiger charge is 2.14. The number of carbonyl (C=O) groups is 1. The van der Waals surface area contributed by atoms with Crippen molar-refractivity contribution in [1.29, 1.82) is 0 Å². The number of hydrogen-bond donors (Lipinski definition) is 0. The van der Waals surface area contributed by atoms with E-state index in [4.69, 9.17) is 16.3 Å². The van der Waals surface area contributed by atoms with Crippen molar-refractivity contribution < 1.29 is 9.53 Å². The highest BCUT2D eigenvalue weighted by Crippen LogP contribution is 2.19. The predicted octanol–water partition coefficient (Wildman–Crippen LogP) is 3.86. The van der Waals surface area contributed by atoms with Gasteiger partial charge in [0.1, 0.15) is 12.4 Å². The third-order valence-electron chi connectivity index (χ3n) is 3.86. The molecule has 3 rings (SSSR count). The molecule has 1 aromatic carbocycles. The fourth-order valence-corrected chi connectivity index (χ4v) is 3.91. The Morgan fingerprint density at radius 2 is 2.07 bits per heavy atom. The number of thiophene rings is 1. The van der Waals surface area contributed by atoms with Gasteiger partial charge in [-0.1, -0.05) is 23.4 Å². The lowest BCUT2D eigenvalue weighted by atomic mass is 10.3. The van der Waals surface area contributed by atoms with Crippen LogP contribution in [-0.2, 0) is 25.0 Å². The van der Waals surface area contributed by atoms with Gasteiger partial charge in [-0.15, -0.1) is 10.2 Å².